The van der Waals surface area contributed by atoms with Crippen molar-refractivity contribution in [2.24, 2.45) is 5.73 Å². The molecule has 0 saturated carbocycles. The standard InChI is InChI=1S/C18H22IN3O2/c1-24-11-10-22(9-7-19)18(23)16-4-2-15(3-5-16)17-12-14(13-20)6-8-21-17/h2-6,8,12H,7,9-11,13,20H2,1H3. The van der Waals surface area contributed by atoms with Gasteiger partial charge in [-0.2, -0.15) is 0 Å². The van der Waals surface area contributed by atoms with Crippen molar-refractivity contribution < 1.29 is 9.53 Å². The number of hydrogen-bond acceptors (Lipinski definition) is 4. The van der Waals surface area contributed by atoms with Crippen LogP contribution in [0.15, 0.2) is 42.6 Å². The van der Waals surface area contributed by atoms with E-state index in [4.69, 9.17) is 10.5 Å². The molecule has 0 saturated heterocycles. The van der Waals surface area contributed by atoms with Gasteiger partial charge in [-0.1, -0.05) is 34.7 Å². The number of aromatic nitrogens is 1. The lowest BCUT2D eigenvalue weighted by Crippen LogP contribution is -2.35. The molecule has 128 valence electrons. The third-order valence-electron chi connectivity index (χ3n) is 3.69. The molecule has 0 unspecified atom stereocenters. The van der Waals surface area contributed by atoms with E-state index in [0.29, 0.717) is 31.8 Å². The van der Waals surface area contributed by atoms with Crippen molar-refractivity contribution in [3.63, 3.8) is 0 Å². The molecule has 0 radical (unpaired) electrons. The molecule has 2 rings (SSSR count). The average molecular weight is 439 g/mol. The summed E-state index contributed by atoms with van der Waals surface area (Å²) in [6.45, 7) is 2.33. The molecule has 1 amide bonds. The summed E-state index contributed by atoms with van der Waals surface area (Å²) in [5.41, 5.74) is 9.22. The monoisotopic (exact) mass is 439 g/mol. The van der Waals surface area contributed by atoms with Gasteiger partial charge in [0.05, 0.1) is 12.3 Å². The van der Waals surface area contributed by atoms with E-state index in [1.54, 1.807) is 13.3 Å². The van der Waals surface area contributed by atoms with E-state index in [0.717, 1.165) is 21.2 Å². The molecule has 1 aromatic heterocycles. The quantitative estimate of drug-likeness (QED) is 0.508. The molecular weight excluding hydrogens is 417 g/mol. The van der Waals surface area contributed by atoms with Crippen LogP contribution >= 0.6 is 22.6 Å². The van der Waals surface area contributed by atoms with Gasteiger partial charge >= 0.3 is 0 Å². The van der Waals surface area contributed by atoms with Gasteiger partial charge in [0, 0.05) is 48.5 Å². The van der Waals surface area contributed by atoms with Crippen molar-refractivity contribution in [3.8, 4) is 11.3 Å². The summed E-state index contributed by atoms with van der Waals surface area (Å²) < 4.78 is 5.98. The number of hydrogen-bond donors (Lipinski definition) is 1. The van der Waals surface area contributed by atoms with Gasteiger partial charge in [-0.05, 0) is 29.8 Å². The van der Waals surface area contributed by atoms with Gasteiger partial charge in [0.25, 0.3) is 5.91 Å². The third kappa shape index (κ3) is 4.99. The van der Waals surface area contributed by atoms with Gasteiger partial charge in [0.2, 0.25) is 0 Å². The van der Waals surface area contributed by atoms with Crippen molar-refractivity contribution in [1.29, 1.82) is 0 Å². The number of halogens is 1. The normalized spacial score (nSPS) is 10.6. The van der Waals surface area contributed by atoms with Crippen LogP contribution in [0.1, 0.15) is 15.9 Å². The zero-order valence-electron chi connectivity index (χ0n) is 13.7. The largest absolute Gasteiger partial charge is 0.383 e. The molecule has 1 aromatic carbocycles. The first kappa shape index (κ1) is 18.8. The van der Waals surface area contributed by atoms with Crippen LogP contribution < -0.4 is 5.73 Å². The van der Waals surface area contributed by atoms with Gasteiger partial charge in [-0.25, -0.2) is 0 Å². The van der Waals surface area contributed by atoms with Gasteiger partial charge in [-0.15, -0.1) is 0 Å². The number of ether oxygens (including phenoxy) is 1. The molecule has 0 aliphatic heterocycles. The maximum Gasteiger partial charge on any atom is 0.253 e. The van der Waals surface area contributed by atoms with E-state index in [1.165, 1.54) is 0 Å². The SMILES string of the molecule is COCCN(CCI)C(=O)c1ccc(-c2cc(CN)ccn2)cc1. The number of nitrogens with zero attached hydrogens (tertiary/aromatic N) is 2. The highest BCUT2D eigenvalue weighted by atomic mass is 127. The summed E-state index contributed by atoms with van der Waals surface area (Å²) in [5, 5.41) is 0. The van der Waals surface area contributed by atoms with Crippen molar-refractivity contribution in [1.82, 2.24) is 9.88 Å². The summed E-state index contributed by atoms with van der Waals surface area (Å²) in [7, 11) is 1.64. The molecule has 0 atom stereocenters. The summed E-state index contributed by atoms with van der Waals surface area (Å²) >= 11 is 2.27. The second-order valence-corrected chi connectivity index (χ2v) is 6.38. The Hall–Kier alpha value is -1.51. The van der Waals surface area contributed by atoms with Gasteiger partial charge < -0.3 is 15.4 Å². The van der Waals surface area contributed by atoms with Crippen LogP contribution in [0.4, 0.5) is 0 Å². The van der Waals surface area contributed by atoms with E-state index in [9.17, 15) is 4.79 Å². The fourth-order valence-corrected chi connectivity index (χ4v) is 2.93. The Bertz CT molecular complexity index is 662. The molecule has 6 heteroatoms. The van der Waals surface area contributed by atoms with Crippen LogP contribution in [-0.4, -0.2) is 47.0 Å². The Morgan fingerprint density at radius 2 is 2.00 bits per heavy atom. The number of carbonyl (C=O) groups is 1. The molecule has 0 aliphatic rings. The summed E-state index contributed by atoms with van der Waals surface area (Å²) in [6, 6.07) is 11.4. The first-order chi connectivity index (χ1) is 11.7. The second-order valence-electron chi connectivity index (χ2n) is 5.30. The number of rotatable bonds is 8. The molecule has 0 aliphatic carbocycles. The Morgan fingerprint density at radius 1 is 1.25 bits per heavy atom. The van der Waals surface area contributed by atoms with Crippen LogP contribution in [-0.2, 0) is 11.3 Å². The summed E-state index contributed by atoms with van der Waals surface area (Å²) in [4.78, 5) is 18.8. The number of amides is 1. The fraction of sp³-hybridized carbons (Fsp3) is 0.333. The zero-order chi connectivity index (χ0) is 17.4. The lowest BCUT2D eigenvalue weighted by atomic mass is 10.1. The Balaban J connectivity index is 2.16. The van der Waals surface area contributed by atoms with Crippen molar-refractivity contribution in [3.05, 3.63) is 53.7 Å². The number of carbonyl (C=O) groups excluding carboxylic acids is 1. The van der Waals surface area contributed by atoms with Crippen LogP contribution in [0.3, 0.4) is 0 Å². The highest BCUT2D eigenvalue weighted by Gasteiger charge is 2.15. The molecule has 0 bridgehead atoms. The van der Waals surface area contributed by atoms with E-state index in [-0.39, 0.29) is 5.91 Å². The predicted octanol–water partition coefficient (Wildman–Crippen LogP) is 2.73. The lowest BCUT2D eigenvalue weighted by molar-refractivity contribution is 0.0709. The second kappa shape index (κ2) is 9.71. The molecule has 5 nitrogen and oxygen atoms in total. The Morgan fingerprint density at radius 3 is 2.62 bits per heavy atom. The lowest BCUT2D eigenvalue weighted by Gasteiger charge is -2.21. The number of methoxy groups -OCH3 is 1. The Kier molecular flexibility index (Phi) is 7.61. The Labute approximate surface area is 156 Å². The average Bonchev–Trinajstić information content (AvgIpc) is 2.64. The molecular formula is C18H22IN3O2. The predicted molar refractivity (Wildman–Crippen MR) is 104 cm³/mol. The molecule has 1 heterocycles. The van der Waals surface area contributed by atoms with Gasteiger partial charge in [-0.3, -0.25) is 9.78 Å². The van der Waals surface area contributed by atoms with Crippen molar-refractivity contribution >= 4 is 28.5 Å². The molecule has 0 spiro atoms. The minimum absolute atomic E-state index is 0.0268. The topological polar surface area (TPSA) is 68.5 Å². The van der Waals surface area contributed by atoms with E-state index in [2.05, 4.69) is 27.6 Å². The number of alkyl halides is 1. The van der Waals surface area contributed by atoms with Crippen LogP contribution in [0.25, 0.3) is 11.3 Å². The summed E-state index contributed by atoms with van der Waals surface area (Å²) in [5.74, 6) is 0.0268. The van der Waals surface area contributed by atoms with Crippen LogP contribution in [0, 0.1) is 0 Å². The maximum atomic E-state index is 12.6. The van der Waals surface area contributed by atoms with E-state index < -0.39 is 0 Å². The maximum absolute atomic E-state index is 12.6. The third-order valence-corrected chi connectivity index (χ3v) is 4.18. The first-order valence-corrected chi connectivity index (χ1v) is 9.31. The van der Waals surface area contributed by atoms with Crippen LogP contribution in [0.5, 0.6) is 0 Å². The number of benzene rings is 1. The highest BCUT2D eigenvalue weighted by Crippen LogP contribution is 2.19. The minimum atomic E-state index is 0.0268. The molecule has 0 fully saturated rings. The molecule has 24 heavy (non-hydrogen) atoms. The number of pyridine rings is 1. The molecule has 2 N–H and O–H groups in total. The minimum Gasteiger partial charge on any atom is -0.383 e. The van der Waals surface area contributed by atoms with Crippen molar-refractivity contribution in [2.45, 2.75) is 6.54 Å². The first-order valence-electron chi connectivity index (χ1n) is 7.79. The smallest absolute Gasteiger partial charge is 0.253 e. The van der Waals surface area contributed by atoms with Gasteiger partial charge in [0.15, 0.2) is 0 Å². The highest BCUT2D eigenvalue weighted by molar-refractivity contribution is 14.1. The van der Waals surface area contributed by atoms with E-state index >= 15 is 0 Å². The molecule has 2 aromatic rings. The van der Waals surface area contributed by atoms with Crippen molar-refractivity contribution in [2.75, 3.05) is 31.2 Å². The van der Waals surface area contributed by atoms with Crippen LogP contribution in [0.2, 0.25) is 0 Å². The number of nitrogens with two attached hydrogens (primary N) is 1. The van der Waals surface area contributed by atoms with Gasteiger partial charge in [0.1, 0.15) is 0 Å². The zero-order valence-corrected chi connectivity index (χ0v) is 15.9. The summed E-state index contributed by atoms with van der Waals surface area (Å²) in [6.07, 6.45) is 1.75. The fourth-order valence-electron chi connectivity index (χ4n) is 2.34. The van der Waals surface area contributed by atoms with E-state index in [1.807, 2.05) is 41.3 Å².